The van der Waals surface area contributed by atoms with Gasteiger partial charge in [0.05, 0.1) is 24.1 Å². The van der Waals surface area contributed by atoms with Gasteiger partial charge in [0.2, 0.25) is 0 Å². The Kier molecular flexibility index (Phi) is 5.92. The molecule has 0 unspecified atom stereocenters. The predicted molar refractivity (Wildman–Crippen MR) is 123 cm³/mol. The lowest BCUT2D eigenvalue weighted by Crippen LogP contribution is -2.04. The van der Waals surface area contributed by atoms with Gasteiger partial charge >= 0.3 is 0 Å². The molecule has 158 valence electrons. The molecular weight excluding hydrogens is 396 g/mol. The lowest BCUT2D eigenvalue weighted by Gasteiger charge is -2.06. The van der Waals surface area contributed by atoms with Crippen molar-refractivity contribution in [1.29, 1.82) is 0 Å². The molecule has 0 aliphatic rings. The van der Waals surface area contributed by atoms with E-state index in [1.165, 1.54) is 11.9 Å². The van der Waals surface area contributed by atoms with Crippen molar-refractivity contribution in [3.63, 3.8) is 0 Å². The number of hydrogen-bond acceptors (Lipinski definition) is 6. The van der Waals surface area contributed by atoms with Gasteiger partial charge in [-0.25, -0.2) is 9.50 Å². The van der Waals surface area contributed by atoms with Crippen molar-refractivity contribution in [2.75, 3.05) is 19.5 Å². The van der Waals surface area contributed by atoms with E-state index < -0.39 is 0 Å². The van der Waals surface area contributed by atoms with Crippen LogP contribution in [0, 0.1) is 12.8 Å². The van der Waals surface area contributed by atoms with E-state index in [2.05, 4.69) is 55.1 Å². The van der Waals surface area contributed by atoms with Crippen molar-refractivity contribution in [3.05, 3.63) is 41.9 Å². The quantitative estimate of drug-likeness (QED) is 0.380. The van der Waals surface area contributed by atoms with Gasteiger partial charge in [0.1, 0.15) is 17.6 Å². The molecule has 30 heavy (non-hydrogen) atoms. The molecule has 4 aromatic rings. The third-order valence-corrected chi connectivity index (χ3v) is 6.39. The van der Waals surface area contributed by atoms with Gasteiger partial charge in [0.15, 0.2) is 5.82 Å². The minimum absolute atomic E-state index is 0.464. The molecule has 2 N–H and O–H groups in total. The molecule has 0 radical (unpaired) electrons. The SMILES string of the molecule is COc1cc(C)cc2cc(-c3cc(COCCCC(C)C)n4ncnc(N)c34)sc12. The Hall–Kier alpha value is -2.64. The highest BCUT2D eigenvalue weighted by atomic mass is 32.1. The van der Waals surface area contributed by atoms with Gasteiger partial charge in [0, 0.05) is 17.0 Å². The largest absolute Gasteiger partial charge is 0.495 e. The Bertz CT molecular complexity index is 1180. The van der Waals surface area contributed by atoms with Crippen LogP contribution in [0.5, 0.6) is 5.75 Å². The molecule has 0 saturated carbocycles. The van der Waals surface area contributed by atoms with Gasteiger partial charge in [-0.15, -0.1) is 11.3 Å². The molecule has 6 nitrogen and oxygen atoms in total. The average Bonchev–Trinajstić information content (AvgIpc) is 3.29. The van der Waals surface area contributed by atoms with Crippen molar-refractivity contribution in [2.24, 2.45) is 5.92 Å². The number of anilines is 1. The van der Waals surface area contributed by atoms with Crippen LogP contribution in [0.3, 0.4) is 0 Å². The van der Waals surface area contributed by atoms with Gasteiger partial charge in [-0.2, -0.15) is 5.10 Å². The van der Waals surface area contributed by atoms with Crippen molar-refractivity contribution >= 4 is 32.8 Å². The van der Waals surface area contributed by atoms with Crippen LogP contribution < -0.4 is 10.5 Å². The topological polar surface area (TPSA) is 74.7 Å². The third kappa shape index (κ3) is 4.00. The van der Waals surface area contributed by atoms with Crippen LogP contribution in [0.15, 0.2) is 30.6 Å². The van der Waals surface area contributed by atoms with Crippen LogP contribution >= 0.6 is 11.3 Å². The second kappa shape index (κ2) is 8.62. The molecule has 0 aliphatic carbocycles. The standard InChI is InChI=1S/C23H28N4O2S/c1-14(2)6-5-7-29-12-17-11-18(21-23(24)25-13-26-27(17)21)20-10-16-8-15(3)9-19(28-4)22(16)30-20/h8-11,13-14H,5-7,12H2,1-4H3,(H2,24,25,26). The van der Waals surface area contributed by atoms with Crippen LogP contribution in [0.25, 0.3) is 26.0 Å². The maximum absolute atomic E-state index is 6.26. The number of methoxy groups -OCH3 is 1. The minimum Gasteiger partial charge on any atom is -0.495 e. The van der Waals surface area contributed by atoms with E-state index in [9.17, 15) is 0 Å². The lowest BCUT2D eigenvalue weighted by atomic mass is 10.1. The summed E-state index contributed by atoms with van der Waals surface area (Å²) in [6.07, 6.45) is 3.71. The number of hydrogen-bond donors (Lipinski definition) is 1. The number of thiophene rings is 1. The first kappa shape index (κ1) is 20.6. The van der Waals surface area contributed by atoms with E-state index in [4.69, 9.17) is 15.2 Å². The molecule has 3 heterocycles. The first-order valence-corrected chi connectivity index (χ1v) is 11.1. The maximum Gasteiger partial charge on any atom is 0.152 e. The van der Waals surface area contributed by atoms with Crippen molar-refractivity contribution in [3.8, 4) is 16.2 Å². The highest BCUT2D eigenvalue weighted by Gasteiger charge is 2.18. The smallest absolute Gasteiger partial charge is 0.152 e. The zero-order chi connectivity index (χ0) is 21.3. The minimum atomic E-state index is 0.464. The van der Waals surface area contributed by atoms with Gasteiger partial charge in [-0.3, -0.25) is 0 Å². The normalized spacial score (nSPS) is 11.8. The van der Waals surface area contributed by atoms with Crippen LogP contribution in [0.1, 0.15) is 37.9 Å². The van der Waals surface area contributed by atoms with Gasteiger partial charge in [0.25, 0.3) is 0 Å². The summed E-state index contributed by atoms with van der Waals surface area (Å²) < 4.78 is 14.5. The van der Waals surface area contributed by atoms with Crippen molar-refractivity contribution in [2.45, 2.75) is 40.2 Å². The molecule has 0 amide bonds. The number of ether oxygens (including phenoxy) is 2. The fourth-order valence-corrected chi connectivity index (χ4v) is 4.89. The van der Waals surface area contributed by atoms with E-state index >= 15 is 0 Å². The van der Waals surface area contributed by atoms with Crippen LogP contribution in [-0.2, 0) is 11.3 Å². The summed E-state index contributed by atoms with van der Waals surface area (Å²) in [5, 5.41) is 5.60. The summed E-state index contributed by atoms with van der Waals surface area (Å²) in [5.41, 5.74) is 10.2. The molecule has 0 saturated heterocycles. The molecule has 0 atom stereocenters. The number of fused-ring (bicyclic) bond motifs is 2. The first-order valence-electron chi connectivity index (χ1n) is 10.2. The zero-order valence-electron chi connectivity index (χ0n) is 17.9. The van der Waals surface area contributed by atoms with Gasteiger partial charge in [-0.1, -0.05) is 19.9 Å². The fourth-order valence-electron chi connectivity index (χ4n) is 3.74. The number of nitrogens with zero attached hydrogens (tertiary/aromatic N) is 3. The monoisotopic (exact) mass is 424 g/mol. The summed E-state index contributed by atoms with van der Waals surface area (Å²) in [6, 6.07) is 8.54. The molecule has 7 heteroatoms. The summed E-state index contributed by atoms with van der Waals surface area (Å²) in [5.74, 6) is 2.05. The Labute approximate surface area is 180 Å². The predicted octanol–water partition coefficient (Wildman–Crippen LogP) is 5.46. The summed E-state index contributed by atoms with van der Waals surface area (Å²) in [6.45, 7) is 7.76. The Morgan fingerprint density at radius 2 is 2.03 bits per heavy atom. The fraction of sp³-hybridized carbons (Fsp3) is 0.391. The summed E-state index contributed by atoms with van der Waals surface area (Å²) in [7, 11) is 1.71. The Morgan fingerprint density at radius 1 is 1.20 bits per heavy atom. The number of aromatic nitrogens is 3. The van der Waals surface area contributed by atoms with Crippen LogP contribution in [0.2, 0.25) is 0 Å². The highest BCUT2D eigenvalue weighted by molar-refractivity contribution is 7.22. The summed E-state index contributed by atoms with van der Waals surface area (Å²) >= 11 is 1.69. The van der Waals surface area contributed by atoms with Gasteiger partial charge in [-0.05, 0) is 54.8 Å². The number of nitrogen functional groups attached to an aromatic ring is 1. The zero-order valence-corrected chi connectivity index (χ0v) is 18.8. The van der Waals surface area contributed by atoms with Crippen LogP contribution in [-0.4, -0.2) is 28.3 Å². The van der Waals surface area contributed by atoms with Crippen molar-refractivity contribution in [1.82, 2.24) is 14.6 Å². The molecule has 0 bridgehead atoms. The molecule has 1 aromatic carbocycles. The number of benzene rings is 1. The molecule has 4 rings (SSSR count). The van der Waals surface area contributed by atoms with E-state index in [0.29, 0.717) is 18.3 Å². The van der Waals surface area contributed by atoms with E-state index in [0.717, 1.165) is 56.9 Å². The number of rotatable bonds is 8. The number of nitrogens with two attached hydrogens (primary N) is 1. The van der Waals surface area contributed by atoms with Gasteiger partial charge < -0.3 is 15.2 Å². The number of aryl methyl sites for hydroxylation is 1. The van der Waals surface area contributed by atoms with Crippen LogP contribution in [0.4, 0.5) is 5.82 Å². The third-order valence-electron chi connectivity index (χ3n) is 5.19. The molecule has 0 spiro atoms. The highest BCUT2D eigenvalue weighted by Crippen LogP contribution is 2.42. The molecule has 3 aromatic heterocycles. The lowest BCUT2D eigenvalue weighted by molar-refractivity contribution is 0.111. The molecular formula is C23H28N4O2S. The Balaban J connectivity index is 1.72. The van der Waals surface area contributed by atoms with Crippen molar-refractivity contribution < 1.29 is 9.47 Å². The summed E-state index contributed by atoms with van der Waals surface area (Å²) in [4.78, 5) is 5.33. The molecule has 0 aliphatic heterocycles. The average molecular weight is 425 g/mol. The Morgan fingerprint density at radius 3 is 2.80 bits per heavy atom. The van der Waals surface area contributed by atoms with E-state index in [1.807, 2.05) is 4.52 Å². The van der Waals surface area contributed by atoms with E-state index in [1.54, 1.807) is 18.4 Å². The first-order chi connectivity index (χ1) is 14.5. The van der Waals surface area contributed by atoms with E-state index in [-0.39, 0.29) is 0 Å². The second-order valence-corrected chi connectivity index (χ2v) is 9.09. The second-order valence-electron chi connectivity index (χ2n) is 8.04. The maximum atomic E-state index is 6.26. The molecule has 0 fully saturated rings.